The number of hydrogen-bond donors (Lipinski definition) is 1. The quantitative estimate of drug-likeness (QED) is 0.707. The lowest BCUT2D eigenvalue weighted by Gasteiger charge is -2.21. The molecule has 0 saturated heterocycles. The van der Waals surface area contributed by atoms with Gasteiger partial charge in [-0.1, -0.05) is 60.4 Å². The van der Waals surface area contributed by atoms with Crippen molar-refractivity contribution in [3.05, 3.63) is 101 Å². The van der Waals surface area contributed by atoms with Gasteiger partial charge in [0.15, 0.2) is 5.60 Å². The fourth-order valence-electron chi connectivity index (χ4n) is 3.41. The van der Waals surface area contributed by atoms with E-state index in [1.165, 1.54) is 23.1 Å². The van der Waals surface area contributed by atoms with Gasteiger partial charge in [0.05, 0.1) is 18.7 Å². The highest BCUT2D eigenvalue weighted by atomic mass is 19.1. The van der Waals surface area contributed by atoms with Crippen LogP contribution in [0.2, 0.25) is 0 Å². The van der Waals surface area contributed by atoms with E-state index in [0.29, 0.717) is 12.2 Å². The third kappa shape index (κ3) is 3.28. The lowest BCUT2D eigenvalue weighted by atomic mass is 9.92. The van der Waals surface area contributed by atoms with Gasteiger partial charge < -0.3 is 10.0 Å². The Balaban J connectivity index is 1.68. The van der Waals surface area contributed by atoms with Gasteiger partial charge >= 0.3 is 0 Å². The van der Waals surface area contributed by atoms with Crippen molar-refractivity contribution in [3.63, 3.8) is 0 Å². The van der Waals surface area contributed by atoms with Crippen molar-refractivity contribution in [1.82, 2.24) is 0 Å². The number of halogens is 1. The standard InChI is InChI=1S/C24H18FNO2/c25-20-13-14-22-21(16-20)24(28,15-7-12-18-8-3-1-4-9-18)23(27)26(22)17-19-10-5-2-6-11-19/h1-6,8-11,13-14,16,28H,15,17H2. The summed E-state index contributed by atoms with van der Waals surface area (Å²) in [5.41, 5.74) is 0.617. The van der Waals surface area contributed by atoms with Crippen LogP contribution in [0.3, 0.4) is 0 Å². The van der Waals surface area contributed by atoms with Crippen molar-refractivity contribution in [1.29, 1.82) is 0 Å². The Morgan fingerprint density at radius 3 is 2.36 bits per heavy atom. The van der Waals surface area contributed by atoms with Crippen LogP contribution in [0, 0.1) is 17.7 Å². The van der Waals surface area contributed by atoms with Crippen LogP contribution in [-0.4, -0.2) is 11.0 Å². The maximum Gasteiger partial charge on any atom is 0.265 e. The molecule has 1 aliphatic rings. The maximum atomic E-state index is 13.9. The molecule has 4 rings (SSSR count). The largest absolute Gasteiger partial charge is 0.374 e. The summed E-state index contributed by atoms with van der Waals surface area (Å²) in [6.07, 6.45) is -0.109. The molecule has 138 valence electrons. The predicted octanol–water partition coefficient (Wildman–Crippen LogP) is 4.00. The molecule has 0 saturated carbocycles. The minimum atomic E-state index is -1.87. The van der Waals surface area contributed by atoms with Crippen LogP contribution in [0.5, 0.6) is 0 Å². The van der Waals surface area contributed by atoms with E-state index in [2.05, 4.69) is 11.8 Å². The predicted molar refractivity (Wildman–Crippen MR) is 106 cm³/mol. The Labute approximate surface area is 163 Å². The van der Waals surface area contributed by atoms with Gasteiger partial charge in [0.2, 0.25) is 0 Å². The maximum absolute atomic E-state index is 13.9. The molecule has 3 aromatic carbocycles. The van der Waals surface area contributed by atoms with Crippen LogP contribution < -0.4 is 4.90 Å². The average molecular weight is 371 g/mol. The first-order valence-corrected chi connectivity index (χ1v) is 9.00. The van der Waals surface area contributed by atoms with E-state index in [-0.39, 0.29) is 12.0 Å². The number of amides is 1. The fraction of sp³-hybridized carbons (Fsp3) is 0.125. The zero-order valence-electron chi connectivity index (χ0n) is 15.1. The molecule has 3 aromatic rings. The molecule has 0 bridgehead atoms. The number of carbonyl (C=O) groups excluding carboxylic acids is 1. The van der Waals surface area contributed by atoms with Gasteiger partial charge in [-0.15, -0.1) is 0 Å². The molecule has 0 aliphatic carbocycles. The molecule has 1 aliphatic heterocycles. The Kier molecular flexibility index (Phi) is 4.68. The third-order valence-corrected chi connectivity index (χ3v) is 4.83. The van der Waals surface area contributed by atoms with Crippen LogP contribution in [0.4, 0.5) is 10.1 Å². The van der Waals surface area contributed by atoms with E-state index >= 15 is 0 Å². The second-order valence-corrected chi connectivity index (χ2v) is 6.74. The number of aliphatic hydroxyl groups is 1. The molecule has 0 radical (unpaired) electrons. The van der Waals surface area contributed by atoms with Gasteiger partial charge in [0.1, 0.15) is 5.82 Å². The van der Waals surface area contributed by atoms with Gasteiger partial charge in [-0.05, 0) is 35.9 Å². The molecule has 3 nitrogen and oxygen atoms in total. The smallest absolute Gasteiger partial charge is 0.265 e. The number of benzene rings is 3. The first kappa shape index (κ1) is 18.0. The average Bonchev–Trinajstić information content (AvgIpc) is 2.91. The second-order valence-electron chi connectivity index (χ2n) is 6.74. The Morgan fingerprint density at radius 1 is 0.964 bits per heavy atom. The summed E-state index contributed by atoms with van der Waals surface area (Å²) in [4.78, 5) is 14.6. The molecule has 1 unspecified atom stereocenters. The Morgan fingerprint density at radius 2 is 1.64 bits per heavy atom. The molecule has 28 heavy (non-hydrogen) atoms. The van der Waals surface area contributed by atoms with E-state index < -0.39 is 17.3 Å². The molecule has 1 amide bonds. The second kappa shape index (κ2) is 7.30. The minimum absolute atomic E-state index is 0.109. The number of rotatable bonds is 3. The zero-order valence-corrected chi connectivity index (χ0v) is 15.1. The number of anilines is 1. The van der Waals surface area contributed by atoms with Crippen LogP contribution in [0.15, 0.2) is 78.9 Å². The fourth-order valence-corrected chi connectivity index (χ4v) is 3.41. The molecular formula is C24H18FNO2. The highest BCUT2D eigenvalue weighted by Gasteiger charge is 2.49. The van der Waals surface area contributed by atoms with Crippen LogP contribution in [-0.2, 0) is 16.9 Å². The van der Waals surface area contributed by atoms with Crippen molar-refractivity contribution < 1.29 is 14.3 Å². The minimum Gasteiger partial charge on any atom is -0.374 e. The van der Waals surface area contributed by atoms with E-state index in [4.69, 9.17) is 0 Å². The molecule has 0 spiro atoms. The first-order chi connectivity index (χ1) is 13.6. The van der Waals surface area contributed by atoms with Crippen molar-refractivity contribution in [2.75, 3.05) is 4.90 Å². The summed E-state index contributed by atoms with van der Waals surface area (Å²) in [5, 5.41) is 11.2. The molecular weight excluding hydrogens is 353 g/mol. The van der Waals surface area contributed by atoms with Crippen molar-refractivity contribution in [3.8, 4) is 11.8 Å². The lowest BCUT2D eigenvalue weighted by molar-refractivity contribution is -0.135. The molecule has 1 atom stereocenters. The Bertz CT molecular complexity index is 1070. The number of fused-ring (bicyclic) bond motifs is 1. The number of hydrogen-bond acceptors (Lipinski definition) is 2. The van der Waals surface area contributed by atoms with E-state index in [0.717, 1.165) is 11.1 Å². The highest BCUT2D eigenvalue weighted by molar-refractivity contribution is 6.07. The highest BCUT2D eigenvalue weighted by Crippen LogP contribution is 2.43. The normalized spacial score (nSPS) is 17.8. The molecule has 1 heterocycles. The lowest BCUT2D eigenvalue weighted by Crippen LogP contribution is -2.39. The van der Waals surface area contributed by atoms with Gasteiger partial charge in [-0.25, -0.2) is 4.39 Å². The van der Waals surface area contributed by atoms with Crippen molar-refractivity contribution in [2.45, 2.75) is 18.6 Å². The zero-order chi connectivity index (χ0) is 19.6. The summed E-state index contributed by atoms with van der Waals surface area (Å²) in [7, 11) is 0. The number of nitrogens with zero attached hydrogens (tertiary/aromatic N) is 1. The van der Waals surface area contributed by atoms with Crippen molar-refractivity contribution in [2.24, 2.45) is 0 Å². The summed E-state index contributed by atoms with van der Waals surface area (Å²) < 4.78 is 13.9. The van der Waals surface area contributed by atoms with Crippen LogP contribution in [0.25, 0.3) is 0 Å². The summed E-state index contributed by atoms with van der Waals surface area (Å²) in [5.74, 6) is 4.86. The van der Waals surface area contributed by atoms with Crippen molar-refractivity contribution >= 4 is 11.6 Å². The third-order valence-electron chi connectivity index (χ3n) is 4.83. The molecule has 0 aromatic heterocycles. The van der Waals surface area contributed by atoms with Crippen LogP contribution >= 0.6 is 0 Å². The monoisotopic (exact) mass is 371 g/mol. The van der Waals surface area contributed by atoms with Crippen LogP contribution in [0.1, 0.15) is 23.1 Å². The van der Waals surface area contributed by atoms with Gasteiger partial charge in [0, 0.05) is 11.1 Å². The number of carbonyl (C=O) groups is 1. The van der Waals surface area contributed by atoms with E-state index in [9.17, 15) is 14.3 Å². The first-order valence-electron chi connectivity index (χ1n) is 9.00. The summed E-state index contributed by atoms with van der Waals surface area (Å²) >= 11 is 0. The van der Waals surface area contributed by atoms with Gasteiger partial charge in [-0.3, -0.25) is 4.79 Å². The topological polar surface area (TPSA) is 40.5 Å². The molecule has 1 N–H and O–H groups in total. The van der Waals surface area contributed by atoms with Gasteiger partial charge in [0.25, 0.3) is 5.91 Å². The van der Waals surface area contributed by atoms with E-state index in [1.807, 2.05) is 60.7 Å². The summed E-state index contributed by atoms with van der Waals surface area (Å²) in [6, 6.07) is 22.9. The van der Waals surface area contributed by atoms with E-state index in [1.54, 1.807) is 0 Å². The summed E-state index contributed by atoms with van der Waals surface area (Å²) in [6.45, 7) is 0.298. The van der Waals surface area contributed by atoms with Gasteiger partial charge in [-0.2, -0.15) is 0 Å². The Hall–Kier alpha value is -3.42. The SMILES string of the molecule is O=C1N(Cc2ccccc2)c2ccc(F)cc2C1(O)CC#Cc1ccccc1. The molecule has 4 heteroatoms. The molecule has 0 fully saturated rings.